The van der Waals surface area contributed by atoms with E-state index in [2.05, 4.69) is 10.3 Å². The number of aryl methyl sites for hydroxylation is 1. The van der Waals surface area contributed by atoms with Gasteiger partial charge in [0.05, 0.1) is 6.04 Å². The van der Waals surface area contributed by atoms with Crippen molar-refractivity contribution in [1.29, 1.82) is 0 Å². The molecule has 6 heteroatoms. The van der Waals surface area contributed by atoms with Gasteiger partial charge in [-0.05, 0) is 50.3 Å². The molecular formula is C17H24N4O2. The molecule has 1 saturated carbocycles. The van der Waals surface area contributed by atoms with Crippen LogP contribution in [0.1, 0.15) is 38.2 Å². The third kappa shape index (κ3) is 3.81. The molecule has 0 unspecified atom stereocenters. The molecule has 1 N–H and O–H groups in total. The molecule has 1 aromatic heterocycles. The summed E-state index contributed by atoms with van der Waals surface area (Å²) < 4.78 is 0. The number of pyridine rings is 1. The van der Waals surface area contributed by atoms with Gasteiger partial charge in [-0.25, -0.2) is 9.78 Å². The van der Waals surface area contributed by atoms with Crippen molar-refractivity contribution in [3.05, 3.63) is 23.9 Å². The van der Waals surface area contributed by atoms with Gasteiger partial charge in [-0.3, -0.25) is 10.1 Å². The number of carbonyl (C=O) groups is 2. The fourth-order valence-corrected chi connectivity index (χ4v) is 3.23. The molecule has 0 radical (unpaired) electrons. The SMILES string of the molecule is CC(=O)N(C[C@@H]1CCCN1C(=O)Nc1cc(C)ccn1)C1CC1. The molecule has 3 amide bonds. The molecule has 1 atom stereocenters. The second-order valence-electron chi connectivity index (χ2n) is 6.54. The first-order valence-corrected chi connectivity index (χ1v) is 8.32. The van der Waals surface area contributed by atoms with Crippen molar-refractivity contribution in [1.82, 2.24) is 14.8 Å². The number of anilines is 1. The molecule has 124 valence electrons. The fraction of sp³-hybridized carbons (Fsp3) is 0.588. The van der Waals surface area contributed by atoms with Crippen molar-refractivity contribution >= 4 is 17.8 Å². The molecule has 0 bridgehead atoms. The minimum atomic E-state index is -0.120. The predicted molar refractivity (Wildman–Crippen MR) is 88.1 cm³/mol. The summed E-state index contributed by atoms with van der Waals surface area (Å²) in [7, 11) is 0. The lowest BCUT2D eigenvalue weighted by atomic mass is 10.2. The Morgan fingerprint density at radius 1 is 1.39 bits per heavy atom. The Kier molecular flexibility index (Phi) is 4.50. The number of hydrogen-bond donors (Lipinski definition) is 1. The van der Waals surface area contributed by atoms with Gasteiger partial charge in [0, 0.05) is 32.3 Å². The molecule has 6 nitrogen and oxygen atoms in total. The van der Waals surface area contributed by atoms with Gasteiger partial charge in [-0.15, -0.1) is 0 Å². The molecule has 1 saturated heterocycles. The van der Waals surface area contributed by atoms with Gasteiger partial charge in [0.1, 0.15) is 5.82 Å². The van der Waals surface area contributed by atoms with E-state index in [1.807, 2.05) is 28.9 Å². The number of amides is 3. The molecule has 0 spiro atoms. The maximum atomic E-state index is 12.5. The van der Waals surface area contributed by atoms with E-state index in [4.69, 9.17) is 0 Å². The number of urea groups is 1. The van der Waals surface area contributed by atoms with Gasteiger partial charge in [0.15, 0.2) is 0 Å². The van der Waals surface area contributed by atoms with Gasteiger partial charge in [0.25, 0.3) is 0 Å². The van der Waals surface area contributed by atoms with Crippen LogP contribution in [0.3, 0.4) is 0 Å². The molecule has 2 aliphatic rings. The Balaban J connectivity index is 1.63. The van der Waals surface area contributed by atoms with Crippen molar-refractivity contribution in [2.45, 2.75) is 51.6 Å². The van der Waals surface area contributed by atoms with Crippen LogP contribution in [0.5, 0.6) is 0 Å². The maximum absolute atomic E-state index is 12.5. The summed E-state index contributed by atoms with van der Waals surface area (Å²) in [6.07, 6.45) is 5.80. The average molecular weight is 316 g/mol. The lowest BCUT2D eigenvalue weighted by Crippen LogP contribution is -2.46. The summed E-state index contributed by atoms with van der Waals surface area (Å²) in [5.41, 5.74) is 1.06. The van der Waals surface area contributed by atoms with Gasteiger partial charge in [0.2, 0.25) is 5.91 Å². The van der Waals surface area contributed by atoms with Crippen molar-refractivity contribution in [3.8, 4) is 0 Å². The van der Waals surface area contributed by atoms with Crippen molar-refractivity contribution < 1.29 is 9.59 Å². The standard InChI is InChI=1S/C17H24N4O2/c1-12-7-8-18-16(10-12)19-17(23)20-9-3-4-15(20)11-21(13(2)22)14-5-6-14/h7-8,10,14-15H,3-6,9,11H2,1-2H3,(H,18,19,23)/t15-/m0/s1. The van der Waals surface area contributed by atoms with Crippen molar-refractivity contribution in [2.75, 3.05) is 18.4 Å². The van der Waals surface area contributed by atoms with E-state index in [9.17, 15) is 9.59 Å². The minimum absolute atomic E-state index is 0.101. The Hall–Kier alpha value is -2.11. The van der Waals surface area contributed by atoms with Crippen LogP contribution < -0.4 is 5.32 Å². The van der Waals surface area contributed by atoms with E-state index in [0.717, 1.165) is 37.8 Å². The number of likely N-dealkylation sites (tertiary alicyclic amines) is 1. The van der Waals surface area contributed by atoms with E-state index in [-0.39, 0.29) is 18.0 Å². The average Bonchev–Trinajstić information content (AvgIpc) is 3.22. The smallest absolute Gasteiger partial charge is 0.323 e. The topological polar surface area (TPSA) is 65.5 Å². The fourth-order valence-electron chi connectivity index (χ4n) is 3.23. The van der Waals surface area contributed by atoms with Gasteiger partial charge in [-0.1, -0.05) is 0 Å². The van der Waals surface area contributed by atoms with E-state index in [0.29, 0.717) is 18.4 Å². The monoisotopic (exact) mass is 316 g/mol. The first-order valence-electron chi connectivity index (χ1n) is 8.32. The Morgan fingerprint density at radius 3 is 2.83 bits per heavy atom. The highest BCUT2D eigenvalue weighted by Gasteiger charge is 2.36. The van der Waals surface area contributed by atoms with Crippen LogP contribution in [0.15, 0.2) is 18.3 Å². The molecule has 3 rings (SSSR count). The van der Waals surface area contributed by atoms with Gasteiger partial charge < -0.3 is 9.80 Å². The number of nitrogens with zero attached hydrogens (tertiary/aromatic N) is 3. The summed E-state index contributed by atoms with van der Waals surface area (Å²) in [5, 5.41) is 2.87. The molecule has 1 aliphatic heterocycles. The Labute approximate surface area is 136 Å². The zero-order chi connectivity index (χ0) is 16.4. The van der Waals surface area contributed by atoms with E-state index >= 15 is 0 Å². The van der Waals surface area contributed by atoms with Gasteiger partial charge >= 0.3 is 6.03 Å². The summed E-state index contributed by atoms with van der Waals surface area (Å²) >= 11 is 0. The van der Waals surface area contributed by atoms with Crippen LogP contribution in [-0.2, 0) is 4.79 Å². The van der Waals surface area contributed by atoms with Crippen LogP contribution >= 0.6 is 0 Å². The molecule has 1 aromatic rings. The van der Waals surface area contributed by atoms with Crippen LogP contribution in [0.4, 0.5) is 10.6 Å². The summed E-state index contributed by atoms with van der Waals surface area (Å²) in [5.74, 6) is 0.686. The number of hydrogen-bond acceptors (Lipinski definition) is 3. The second kappa shape index (κ2) is 6.56. The van der Waals surface area contributed by atoms with E-state index in [1.165, 1.54) is 0 Å². The highest BCUT2D eigenvalue weighted by Crippen LogP contribution is 2.29. The van der Waals surface area contributed by atoms with Crippen LogP contribution in [-0.4, -0.2) is 51.9 Å². The quantitative estimate of drug-likeness (QED) is 0.927. The van der Waals surface area contributed by atoms with Crippen molar-refractivity contribution in [2.24, 2.45) is 0 Å². The van der Waals surface area contributed by atoms with Gasteiger partial charge in [-0.2, -0.15) is 0 Å². The molecule has 2 fully saturated rings. The predicted octanol–water partition coefficient (Wildman–Crippen LogP) is 2.40. The number of nitrogens with one attached hydrogen (secondary N) is 1. The molecule has 23 heavy (non-hydrogen) atoms. The highest BCUT2D eigenvalue weighted by molar-refractivity contribution is 5.88. The van der Waals surface area contributed by atoms with E-state index < -0.39 is 0 Å². The zero-order valence-electron chi connectivity index (χ0n) is 13.8. The first-order chi connectivity index (χ1) is 11.0. The third-order valence-electron chi connectivity index (χ3n) is 4.59. The summed E-state index contributed by atoms with van der Waals surface area (Å²) in [4.78, 5) is 32.3. The maximum Gasteiger partial charge on any atom is 0.323 e. The number of aromatic nitrogens is 1. The first kappa shape index (κ1) is 15.8. The third-order valence-corrected chi connectivity index (χ3v) is 4.59. The second-order valence-corrected chi connectivity index (χ2v) is 6.54. The Morgan fingerprint density at radius 2 is 2.17 bits per heavy atom. The number of rotatable bonds is 4. The molecular weight excluding hydrogens is 292 g/mol. The zero-order valence-corrected chi connectivity index (χ0v) is 13.8. The lowest BCUT2D eigenvalue weighted by Gasteiger charge is -2.30. The molecule has 0 aromatic carbocycles. The van der Waals surface area contributed by atoms with Crippen molar-refractivity contribution in [3.63, 3.8) is 0 Å². The Bertz CT molecular complexity index is 600. The largest absolute Gasteiger partial charge is 0.338 e. The molecule has 1 aliphatic carbocycles. The number of carbonyl (C=O) groups excluding carboxylic acids is 2. The normalized spacial score (nSPS) is 20.4. The lowest BCUT2D eigenvalue weighted by molar-refractivity contribution is -0.130. The van der Waals surface area contributed by atoms with E-state index in [1.54, 1.807) is 13.1 Å². The van der Waals surface area contributed by atoms with Crippen LogP contribution in [0.25, 0.3) is 0 Å². The summed E-state index contributed by atoms with van der Waals surface area (Å²) in [6, 6.07) is 4.12. The minimum Gasteiger partial charge on any atom is -0.338 e. The van der Waals surface area contributed by atoms with Crippen LogP contribution in [0, 0.1) is 6.92 Å². The molecule has 2 heterocycles. The van der Waals surface area contributed by atoms with Crippen LogP contribution in [0.2, 0.25) is 0 Å². The summed E-state index contributed by atoms with van der Waals surface area (Å²) in [6.45, 7) is 4.97. The highest BCUT2D eigenvalue weighted by atomic mass is 16.2.